The molecule has 0 fully saturated rings. The summed E-state index contributed by atoms with van der Waals surface area (Å²) in [6, 6.07) is 2.15. The Balaban J connectivity index is 2.98. The van der Waals surface area contributed by atoms with Gasteiger partial charge in [0.2, 0.25) is 0 Å². The molecule has 0 atom stereocenters. The predicted molar refractivity (Wildman–Crippen MR) is 69.0 cm³/mol. The van der Waals surface area contributed by atoms with Gasteiger partial charge < -0.3 is 5.32 Å². The van der Waals surface area contributed by atoms with Crippen LogP contribution < -0.4 is 5.32 Å². The van der Waals surface area contributed by atoms with Crippen LogP contribution in [0, 0.1) is 5.92 Å². The van der Waals surface area contributed by atoms with Gasteiger partial charge >= 0.3 is 6.18 Å². The molecule has 1 aromatic rings. The van der Waals surface area contributed by atoms with Crippen molar-refractivity contribution >= 4 is 17.6 Å². The largest absolute Gasteiger partial charge is 0.416 e. The summed E-state index contributed by atoms with van der Waals surface area (Å²) in [6.45, 7) is 6.41. The Morgan fingerprint density at radius 2 is 2.00 bits per heavy atom. The molecule has 1 aromatic heterocycles. The molecule has 0 saturated heterocycles. The lowest BCUT2D eigenvalue weighted by molar-refractivity contribution is -0.137. The molecule has 0 aromatic carbocycles. The van der Waals surface area contributed by atoms with Gasteiger partial charge in [0.1, 0.15) is 5.82 Å². The van der Waals surface area contributed by atoms with Crippen LogP contribution in [-0.2, 0) is 6.18 Å². The van der Waals surface area contributed by atoms with Crippen LogP contribution >= 0.6 is 11.8 Å². The topological polar surface area (TPSA) is 24.9 Å². The minimum absolute atomic E-state index is 0.276. The molecule has 0 spiro atoms. The summed E-state index contributed by atoms with van der Waals surface area (Å²) >= 11 is 1.35. The lowest BCUT2D eigenvalue weighted by Gasteiger charge is -2.12. The van der Waals surface area contributed by atoms with E-state index < -0.39 is 11.7 Å². The maximum absolute atomic E-state index is 12.7. The first-order chi connectivity index (χ1) is 8.32. The number of hydrogen-bond acceptors (Lipinski definition) is 3. The molecule has 0 aliphatic heterocycles. The van der Waals surface area contributed by atoms with E-state index in [0.29, 0.717) is 17.5 Å². The van der Waals surface area contributed by atoms with E-state index in [1.807, 2.05) is 20.8 Å². The summed E-state index contributed by atoms with van der Waals surface area (Å²) < 4.78 is 38.2. The lowest BCUT2D eigenvalue weighted by atomic mass is 10.2. The average Bonchev–Trinajstić information content (AvgIpc) is 2.25. The second-order valence-corrected chi connectivity index (χ2v) is 5.35. The lowest BCUT2D eigenvalue weighted by Crippen LogP contribution is -2.08. The van der Waals surface area contributed by atoms with Crippen LogP contribution in [0.1, 0.15) is 26.3 Å². The Kier molecular flexibility index (Phi) is 5.31. The number of rotatable bonds is 5. The zero-order valence-electron chi connectivity index (χ0n) is 10.6. The van der Waals surface area contributed by atoms with Crippen molar-refractivity contribution in [1.82, 2.24) is 4.98 Å². The van der Waals surface area contributed by atoms with Gasteiger partial charge in [-0.15, -0.1) is 11.8 Å². The van der Waals surface area contributed by atoms with Crippen molar-refractivity contribution in [2.75, 3.05) is 17.6 Å². The van der Waals surface area contributed by atoms with Crippen LogP contribution in [0.5, 0.6) is 0 Å². The number of nitrogens with zero attached hydrogens (tertiary/aromatic N) is 1. The van der Waals surface area contributed by atoms with Crippen molar-refractivity contribution in [1.29, 1.82) is 0 Å². The molecule has 0 radical (unpaired) electrons. The molecule has 0 bridgehead atoms. The van der Waals surface area contributed by atoms with Crippen LogP contribution in [0.2, 0.25) is 0 Å². The Morgan fingerprint density at radius 1 is 1.33 bits per heavy atom. The van der Waals surface area contributed by atoms with E-state index in [1.54, 1.807) is 0 Å². The molecule has 1 rings (SSSR count). The standard InChI is InChI=1S/C12H17F3N2S/c1-4-16-10-5-9(12(13,14)15)6-11(17-10)18-7-8(2)3/h5-6,8H,4,7H2,1-3H3,(H,16,17). The monoisotopic (exact) mass is 278 g/mol. The molecule has 1 heterocycles. The Bertz CT molecular complexity index is 391. The highest BCUT2D eigenvalue weighted by atomic mass is 32.2. The molecule has 0 amide bonds. The third kappa shape index (κ3) is 4.76. The zero-order valence-corrected chi connectivity index (χ0v) is 11.5. The van der Waals surface area contributed by atoms with Crippen molar-refractivity contribution in [3.05, 3.63) is 17.7 Å². The quantitative estimate of drug-likeness (QED) is 0.814. The highest BCUT2D eigenvalue weighted by Gasteiger charge is 2.31. The molecule has 6 heteroatoms. The third-order valence-corrected chi connectivity index (χ3v) is 3.39. The summed E-state index contributed by atoms with van der Waals surface area (Å²) in [5.41, 5.74) is -0.653. The van der Waals surface area contributed by atoms with Crippen molar-refractivity contribution in [2.24, 2.45) is 5.92 Å². The number of alkyl halides is 3. The molecular weight excluding hydrogens is 261 g/mol. The molecule has 0 unspecified atom stereocenters. The molecule has 0 aliphatic carbocycles. The van der Waals surface area contributed by atoms with Gasteiger partial charge in [0.05, 0.1) is 10.6 Å². The third-order valence-electron chi connectivity index (χ3n) is 2.05. The Hall–Kier alpha value is -0.910. The van der Waals surface area contributed by atoms with Gasteiger partial charge in [-0.2, -0.15) is 13.2 Å². The van der Waals surface area contributed by atoms with Gasteiger partial charge in [-0.05, 0) is 25.0 Å². The summed E-state index contributed by atoms with van der Waals surface area (Å²) in [7, 11) is 0. The van der Waals surface area contributed by atoms with E-state index >= 15 is 0 Å². The van der Waals surface area contributed by atoms with Gasteiger partial charge in [-0.25, -0.2) is 4.98 Å². The van der Waals surface area contributed by atoms with Gasteiger partial charge in [0.25, 0.3) is 0 Å². The van der Waals surface area contributed by atoms with Gasteiger partial charge in [-0.1, -0.05) is 13.8 Å². The fourth-order valence-electron chi connectivity index (χ4n) is 1.27. The number of anilines is 1. The molecule has 2 nitrogen and oxygen atoms in total. The van der Waals surface area contributed by atoms with E-state index in [2.05, 4.69) is 10.3 Å². The summed E-state index contributed by atoms with van der Waals surface area (Å²) in [6.07, 6.45) is -4.33. The van der Waals surface area contributed by atoms with Gasteiger partial charge in [0.15, 0.2) is 0 Å². The first kappa shape index (κ1) is 15.1. The number of halogens is 3. The smallest absolute Gasteiger partial charge is 0.370 e. The minimum atomic E-state index is -4.33. The first-order valence-electron chi connectivity index (χ1n) is 5.79. The maximum atomic E-state index is 12.7. The molecule has 1 N–H and O–H groups in total. The van der Waals surface area contributed by atoms with Crippen LogP contribution in [0.25, 0.3) is 0 Å². The second kappa shape index (κ2) is 6.31. The van der Waals surface area contributed by atoms with Crippen molar-refractivity contribution in [3.63, 3.8) is 0 Å². The van der Waals surface area contributed by atoms with E-state index in [9.17, 15) is 13.2 Å². The highest BCUT2D eigenvalue weighted by Crippen LogP contribution is 2.33. The predicted octanol–water partition coefficient (Wildman–Crippen LogP) is 4.28. The number of thioether (sulfide) groups is 1. The second-order valence-electron chi connectivity index (χ2n) is 4.31. The Labute approximate surface area is 109 Å². The van der Waals surface area contributed by atoms with Crippen LogP contribution in [-0.4, -0.2) is 17.3 Å². The van der Waals surface area contributed by atoms with Crippen LogP contribution in [0.3, 0.4) is 0 Å². The van der Waals surface area contributed by atoms with Crippen molar-refractivity contribution in [3.8, 4) is 0 Å². The van der Waals surface area contributed by atoms with Gasteiger partial charge in [0, 0.05) is 12.3 Å². The fourth-order valence-corrected chi connectivity index (χ4v) is 2.14. The SMILES string of the molecule is CCNc1cc(C(F)(F)F)cc(SCC(C)C)n1. The van der Waals surface area contributed by atoms with Crippen LogP contribution in [0.4, 0.5) is 19.0 Å². The fraction of sp³-hybridized carbons (Fsp3) is 0.583. The van der Waals surface area contributed by atoms with Gasteiger partial charge in [-0.3, -0.25) is 0 Å². The van der Waals surface area contributed by atoms with Crippen molar-refractivity contribution < 1.29 is 13.2 Å². The summed E-state index contributed by atoms with van der Waals surface area (Å²) in [5.74, 6) is 1.44. The number of hydrogen-bond donors (Lipinski definition) is 1. The minimum Gasteiger partial charge on any atom is -0.370 e. The van der Waals surface area contributed by atoms with E-state index in [1.165, 1.54) is 11.8 Å². The summed E-state index contributed by atoms with van der Waals surface area (Å²) in [4.78, 5) is 4.16. The highest BCUT2D eigenvalue weighted by molar-refractivity contribution is 7.99. The average molecular weight is 278 g/mol. The normalized spacial score (nSPS) is 11.9. The number of pyridine rings is 1. The zero-order chi connectivity index (χ0) is 13.8. The summed E-state index contributed by atoms with van der Waals surface area (Å²) in [5, 5.41) is 3.24. The van der Waals surface area contributed by atoms with E-state index in [-0.39, 0.29) is 5.82 Å². The molecular formula is C12H17F3N2S. The molecule has 0 saturated carbocycles. The van der Waals surface area contributed by atoms with Crippen LogP contribution in [0.15, 0.2) is 17.2 Å². The first-order valence-corrected chi connectivity index (χ1v) is 6.77. The van der Waals surface area contributed by atoms with E-state index in [4.69, 9.17) is 0 Å². The van der Waals surface area contributed by atoms with E-state index in [0.717, 1.165) is 17.9 Å². The maximum Gasteiger partial charge on any atom is 0.416 e. The number of aromatic nitrogens is 1. The molecule has 102 valence electrons. The Morgan fingerprint density at radius 3 is 2.50 bits per heavy atom. The van der Waals surface area contributed by atoms with Crippen molar-refractivity contribution in [2.45, 2.75) is 32.0 Å². The molecule has 0 aliphatic rings. The number of nitrogens with one attached hydrogen (secondary N) is 1. The molecule has 18 heavy (non-hydrogen) atoms.